The first-order chi connectivity index (χ1) is 11.7. The van der Waals surface area contributed by atoms with Crippen LogP contribution in [0.2, 0.25) is 0 Å². The van der Waals surface area contributed by atoms with Crippen molar-refractivity contribution < 1.29 is 19.1 Å². The second kappa shape index (κ2) is 7.27. The van der Waals surface area contributed by atoms with Crippen LogP contribution in [0.3, 0.4) is 0 Å². The van der Waals surface area contributed by atoms with Crippen molar-refractivity contribution >= 4 is 11.8 Å². The Balaban J connectivity index is 1.61. The number of ether oxygens (including phenoxy) is 2. The van der Waals surface area contributed by atoms with E-state index in [4.69, 9.17) is 9.47 Å². The number of carbonyl (C=O) groups excluding carboxylic acids is 2. The average Bonchev–Trinajstić information content (AvgIpc) is 2.89. The summed E-state index contributed by atoms with van der Waals surface area (Å²) in [5.41, 5.74) is 1.85. The molecule has 1 heterocycles. The predicted molar refractivity (Wildman–Crippen MR) is 88.2 cm³/mol. The van der Waals surface area contributed by atoms with Gasteiger partial charge in [-0.1, -0.05) is 42.5 Å². The van der Waals surface area contributed by atoms with Crippen LogP contribution < -0.4 is 4.74 Å². The molecule has 2 aromatic rings. The highest BCUT2D eigenvalue weighted by molar-refractivity contribution is 6.04. The molecule has 0 saturated carbocycles. The fourth-order valence-corrected chi connectivity index (χ4v) is 2.63. The van der Waals surface area contributed by atoms with E-state index in [-0.39, 0.29) is 24.8 Å². The fraction of sp³-hybridized carbons (Fsp3) is 0.263. The van der Waals surface area contributed by atoms with E-state index >= 15 is 0 Å². The molecule has 0 bridgehead atoms. The van der Waals surface area contributed by atoms with Gasteiger partial charge in [0, 0.05) is 0 Å². The third-order valence-corrected chi connectivity index (χ3v) is 4.00. The summed E-state index contributed by atoms with van der Waals surface area (Å²) in [4.78, 5) is 25.8. The molecule has 0 aromatic heterocycles. The summed E-state index contributed by atoms with van der Waals surface area (Å²) in [5, 5.41) is 0. The summed E-state index contributed by atoms with van der Waals surface area (Å²) in [6, 6.07) is 16.9. The van der Waals surface area contributed by atoms with Crippen molar-refractivity contribution in [2.75, 3.05) is 7.11 Å². The van der Waals surface area contributed by atoms with Crippen molar-refractivity contribution in [1.82, 2.24) is 4.90 Å². The molecular weight excluding hydrogens is 306 g/mol. The third-order valence-electron chi connectivity index (χ3n) is 4.00. The number of hydrogen-bond donors (Lipinski definition) is 0. The molecule has 1 saturated heterocycles. The van der Waals surface area contributed by atoms with Crippen LogP contribution in [-0.4, -0.2) is 29.9 Å². The van der Waals surface area contributed by atoms with Crippen LogP contribution in [0, 0.1) is 0 Å². The molecule has 2 aromatic carbocycles. The van der Waals surface area contributed by atoms with E-state index < -0.39 is 6.10 Å². The number of amides is 2. The van der Waals surface area contributed by atoms with E-state index in [2.05, 4.69) is 0 Å². The Morgan fingerprint density at radius 3 is 2.38 bits per heavy atom. The highest BCUT2D eigenvalue weighted by Crippen LogP contribution is 2.21. The van der Waals surface area contributed by atoms with Crippen LogP contribution in [0.1, 0.15) is 17.5 Å². The Bertz CT molecular complexity index is 712. The Hall–Kier alpha value is -2.66. The van der Waals surface area contributed by atoms with Gasteiger partial charge in [0.2, 0.25) is 5.91 Å². The van der Waals surface area contributed by atoms with Crippen LogP contribution in [0.4, 0.5) is 0 Å². The zero-order chi connectivity index (χ0) is 16.9. The summed E-state index contributed by atoms with van der Waals surface area (Å²) >= 11 is 0. The number of nitrogens with zero attached hydrogens (tertiary/aromatic N) is 1. The number of hydrogen-bond acceptors (Lipinski definition) is 4. The van der Waals surface area contributed by atoms with Gasteiger partial charge in [0.1, 0.15) is 11.9 Å². The number of methoxy groups -OCH3 is 1. The first-order valence-corrected chi connectivity index (χ1v) is 7.80. The standard InChI is InChI=1S/C19H19NO4/c1-23-16-9-7-14(8-10-16)12-20-18(21)11-17(19(20)22)24-13-15-5-3-2-4-6-15/h2-10,17H,11-13H2,1H3. The minimum absolute atomic E-state index is 0.0990. The van der Waals surface area contributed by atoms with Gasteiger partial charge < -0.3 is 9.47 Å². The van der Waals surface area contributed by atoms with E-state index in [0.29, 0.717) is 6.61 Å². The number of benzene rings is 2. The second-order valence-electron chi connectivity index (χ2n) is 5.66. The minimum atomic E-state index is -0.698. The zero-order valence-electron chi connectivity index (χ0n) is 13.5. The molecule has 5 heteroatoms. The van der Waals surface area contributed by atoms with Gasteiger partial charge in [-0.25, -0.2) is 0 Å². The number of rotatable bonds is 6. The van der Waals surface area contributed by atoms with Crippen molar-refractivity contribution in [3.8, 4) is 5.75 Å². The summed E-state index contributed by atoms with van der Waals surface area (Å²) in [5.74, 6) is 0.266. The predicted octanol–water partition coefficient (Wildman–Crippen LogP) is 2.54. The maximum absolute atomic E-state index is 12.4. The summed E-state index contributed by atoms with van der Waals surface area (Å²) < 4.78 is 10.7. The maximum atomic E-state index is 12.4. The molecule has 3 rings (SSSR count). The molecular formula is C19H19NO4. The van der Waals surface area contributed by atoms with Gasteiger partial charge in [0.25, 0.3) is 5.91 Å². The topological polar surface area (TPSA) is 55.8 Å². The van der Waals surface area contributed by atoms with Gasteiger partial charge >= 0.3 is 0 Å². The first-order valence-electron chi connectivity index (χ1n) is 7.80. The number of carbonyl (C=O) groups is 2. The summed E-state index contributed by atoms with van der Waals surface area (Å²) in [6.07, 6.45) is -0.599. The van der Waals surface area contributed by atoms with Gasteiger partial charge in [0.15, 0.2) is 0 Å². The van der Waals surface area contributed by atoms with Crippen molar-refractivity contribution in [1.29, 1.82) is 0 Å². The number of likely N-dealkylation sites (tertiary alicyclic amines) is 1. The van der Waals surface area contributed by atoms with Crippen molar-refractivity contribution in [2.24, 2.45) is 0 Å². The SMILES string of the molecule is COc1ccc(CN2C(=O)CC(OCc3ccccc3)C2=O)cc1. The minimum Gasteiger partial charge on any atom is -0.497 e. The van der Waals surface area contributed by atoms with Crippen molar-refractivity contribution in [3.63, 3.8) is 0 Å². The van der Waals surface area contributed by atoms with E-state index in [1.807, 2.05) is 54.6 Å². The molecule has 24 heavy (non-hydrogen) atoms. The Morgan fingerprint density at radius 1 is 1.00 bits per heavy atom. The van der Waals surface area contributed by atoms with Crippen LogP contribution >= 0.6 is 0 Å². The van der Waals surface area contributed by atoms with Gasteiger partial charge in [-0.2, -0.15) is 0 Å². The molecule has 1 unspecified atom stereocenters. The lowest BCUT2D eigenvalue weighted by Gasteiger charge is -2.15. The fourth-order valence-electron chi connectivity index (χ4n) is 2.63. The second-order valence-corrected chi connectivity index (χ2v) is 5.66. The molecule has 124 valence electrons. The van der Waals surface area contributed by atoms with E-state index in [0.717, 1.165) is 16.9 Å². The van der Waals surface area contributed by atoms with Crippen LogP contribution in [0.25, 0.3) is 0 Å². The Morgan fingerprint density at radius 2 is 1.71 bits per heavy atom. The number of imide groups is 1. The van der Waals surface area contributed by atoms with Gasteiger partial charge in [-0.15, -0.1) is 0 Å². The van der Waals surface area contributed by atoms with Crippen LogP contribution in [-0.2, 0) is 27.5 Å². The summed E-state index contributed by atoms with van der Waals surface area (Å²) in [7, 11) is 1.59. The lowest BCUT2D eigenvalue weighted by Crippen LogP contribution is -2.32. The molecule has 0 N–H and O–H groups in total. The normalized spacial score (nSPS) is 17.4. The molecule has 0 radical (unpaired) electrons. The average molecular weight is 325 g/mol. The van der Waals surface area contributed by atoms with Crippen molar-refractivity contribution in [3.05, 3.63) is 65.7 Å². The van der Waals surface area contributed by atoms with Crippen molar-refractivity contribution in [2.45, 2.75) is 25.7 Å². The molecule has 0 spiro atoms. The molecule has 0 aliphatic carbocycles. The molecule has 1 fully saturated rings. The molecule has 1 atom stereocenters. The van der Waals surface area contributed by atoms with Crippen LogP contribution in [0.15, 0.2) is 54.6 Å². The Kier molecular flexibility index (Phi) is 4.91. The van der Waals surface area contributed by atoms with Gasteiger partial charge in [-0.3, -0.25) is 14.5 Å². The quantitative estimate of drug-likeness (QED) is 0.766. The first kappa shape index (κ1) is 16.2. The van der Waals surface area contributed by atoms with E-state index in [1.165, 1.54) is 4.90 Å². The summed E-state index contributed by atoms with van der Waals surface area (Å²) in [6.45, 7) is 0.577. The van der Waals surface area contributed by atoms with Gasteiger partial charge in [0.05, 0.1) is 26.7 Å². The van der Waals surface area contributed by atoms with Gasteiger partial charge in [-0.05, 0) is 23.3 Å². The molecule has 5 nitrogen and oxygen atoms in total. The third kappa shape index (κ3) is 3.63. The smallest absolute Gasteiger partial charge is 0.259 e. The largest absolute Gasteiger partial charge is 0.497 e. The molecule has 1 aliphatic heterocycles. The van der Waals surface area contributed by atoms with E-state index in [1.54, 1.807) is 7.11 Å². The molecule has 2 amide bonds. The highest BCUT2D eigenvalue weighted by Gasteiger charge is 2.39. The lowest BCUT2D eigenvalue weighted by molar-refractivity contribution is -0.143. The van der Waals surface area contributed by atoms with Crippen LogP contribution in [0.5, 0.6) is 5.75 Å². The lowest BCUT2D eigenvalue weighted by atomic mass is 10.2. The highest BCUT2D eigenvalue weighted by atomic mass is 16.5. The monoisotopic (exact) mass is 325 g/mol. The zero-order valence-corrected chi connectivity index (χ0v) is 13.5. The van der Waals surface area contributed by atoms with E-state index in [9.17, 15) is 9.59 Å². The Labute approximate surface area is 140 Å². The molecule has 1 aliphatic rings. The maximum Gasteiger partial charge on any atom is 0.259 e.